The lowest BCUT2D eigenvalue weighted by atomic mass is 10.2. The molecule has 0 aliphatic heterocycles. The second-order valence-electron chi connectivity index (χ2n) is 4.01. The SMILES string of the molecule is COc1cc(C)ccc1Oc1ncc(Br)cc1CCl. The number of hydrogen-bond donors (Lipinski definition) is 0. The summed E-state index contributed by atoms with van der Waals surface area (Å²) in [5, 5.41) is 0. The number of nitrogens with zero attached hydrogens (tertiary/aromatic N) is 1. The van der Waals surface area contributed by atoms with E-state index in [4.69, 9.17) is 21.1 Å². The maximum atomic E-state index is 5.90. The molecule has 0 N–H and O–H groups in total. The van der Waals surface area contributed by atoms with Crippen LogP contribution < -0.4 is 9.47 Å². The zero-order valence-electron chi connectivity index (χ0n) is 10.6. The average Bonchev–Trinajstić information content (AvgIpc) is 2.42. The van der Waals surface area contributed by atoms with Gasteiger partial charge in [-0.25, -0.2) is 4.98 Å². The van der Waals surface area contributed by atoms with Crippen LogP contribution in [0.2, 0.25) is 0 Å². The summed E-state index contributed by atoms with van der Waals surface area (Å²) in [6.45, 7) is 1.99. The summed E-state index contributed by atoms with van der Waals surface area (Å²) in [6, 6.07) is 7.61. The fourth-order valence-electron chi connectivity index (χ4n) is 1.62. The average molecular weight is 343 g/mol. The van der Waals surface area contributed by atoms with Crippen LogP contribution in [-0.2, 0) is 5.88 Å². The van der Waals surface area contributed by atoms with E-state index < -0.39 is 0 Å². The first kappa shape index (κ1) is 14.2. The molecular formula is C14H13BrClNO2. The Kier molecular flexibility index (Phi) is 4.66. The van der Waals surface area contributed by atoms with Gasteiger partial charge in [0.15, 0.2) is 11.5 Å². The fourth-order valence-corrected chi connectivity index (χ4v) is 2.19. The van der Waals surface area contributed by atoms with Gasteiger partial charge in [-0.05, 0) is 46.6 Å². The van der Waals surface area contributed by atoms with Crippen LogP contribution in [0, 0.1) is 6.92 Å². The van der Waals surface area contributed by atoms with Gasteiger partial charge in [0.1, 0.15) is 0 Å². The van der Waals surface area contributed by atoms with Crippen LogP contribution in [0.15, 0.2) is 34.9 Å². The molecule has 1 heterocycles. The summed E-state index contributed by atoms with van der Waals surface area (Å²) in [7, 11) is 1.61. The number of methoxy groups -OCH3 is 1. The van der Waals surface area contributed by atoms with Gasteiger partial charge in [0.25, 0.3) is 0 Å². The topological polar surface area (TPSA) is 31.4 Å². The number of pyridine rings is 1. The number of ether oxygens (including phenoxy) is 2. The zero-order chi connectivity index (χ0) is 13.8. The largest absolute Gasteiger partial charge is 0.493 e. The molecule has 2 aromatic rings. The molecule has 2 rings (SSSR count). The minimum absolute atomic E-state index is 0.329. The van der Waals surface area contributed by atoms with Crippen LogP contribution in [0.3, 0.4) is 0 Å². The van der Waals surface area contributed by atoms with Gasteiger partial charge >= 0.3 is 0 Å². The third-order valence-electron chi connectivity index (χ3n) is 2.56. The standard InChI is InChI=1S/C14H13BrClNO2/c1-9-3-4-12(13(5-9)18-2)19-14-10(7-16)6-11(15)8-17-14/h3-6,8H,7H2,1-2H3. The van der Waals surface area contributed by atoms with Crippen molar-refractivity contribution in [2.24, 2.45) is 0 Å². The van der Waals surface area contributed by atoms with Crippen molar-refractivity contribution in [1.82, 2.24) is 4.98 Å². The van der Waals surface area contributed by atoms with Crippen LogP contribution in [0.4, 0.5) is 0 Å². The molecule has 1 aromatic carbocycles. The molecule has 1 aromatic heterocycles. The first-order chi connectivity index (χ1) is 9.13. The zero-order valence-corrected chi connectivity index (χ0v) is 13.0. The maximum Gasteiger partial charge on any atom is 0.223 e. The third-order valence-corrected chi connectivity index (χ3v) is 3.28. The predicted molar refractivity (Wildman–Crippen MR) is 79.3 cm³/mol. The van der Waals surface area contributed by atoms with Crippen LogP contribution in [-0.4, -0.2) is 12.1 Å². The lowest BCUT2D eigenvalue weighted by molar-refractivity contribution is 0.372. The van der Waals surface area contributed by atoms with Gasteiger partial charge in [-0.2, -0.15) is 0 Å². The van der Waals surface area contributed by atoms with Gasteiger partial charge < -0.3 is 9.47 Å². The van der Waals surface area contributed by atoms with Crippen molar-refractivity contribution in [2.75, 3.05) is 7.11 Å². The molecule has 0 spiro atoms. The highest BCUT2D eigenvalue weighted by atomic mass is 79.9. The van der Waals surface area contributed by atoms with E-state index in [0.29, 0.717) is 23.3 Å². The molecule has 0 unspecified atom stereocenters. The van der Waals surface area contributed by atoms with E-state index in [1.165, 1.54) is 0 Å². The molecule has 0 saturated heterocycles. The van der Waals surface area contributed by atoms with Crippen molar-refractivity contribution < 1.29 is 9.47 Å². The highest BCUT2D eigenvalue weighted by Crippen LogP contribution is 2.33. The highest BCUT2D eigenvalue weighted by molar-refractivity contribution is 9.10. The second-order valence-corrected chi connectivity index (χ2v) is 5.19. The summed E-state index contributed by atoms with van der Waals surface area (Å²) in [5.41, 5.74) is 1.92. The Morgan fingerprint density at radius 2 is 2.05 bits per heavy atom. The quantitative estimate of drug-likeness (QED) is 0.755. The summed E-state index contributed by atoms with van der Waals surface area (Å²) in [5.74, 6) is 2.11. The van der Waals surface area contributed by atoms with Crippen molar-refractivity contribution in [3.8, 4) is 17.4 Å². The lowest BCUT2D eigenvalue weighted by Crippen LogP contribution is -1.96. The molecule has 0 saturated carbocycles. The molecule has 0 atom stereocenters. The Hall–Kier alpha value is -1.26. The van der Waals surface area contributed by atoms with Crippen LogP contribution in [0.1, 0.15) is 11.1 Å². The Morgan fingerprint density at radius 3 is 2.74 bits per heavy atom. The molecule has 5 heteroatoms. The number of aryl methyl sites for hydroxylation is 1. The monoisotopic (exact) mass is 341 g/mol. The molecular weight excluding hydrogens is 330 g/mol. The Balaban J connectivity index is 2.36. The van der Waals surface area contributed by atoms with E-state index >= 15 is 0 Å². The smallest absolute Gasteiger partial charge is 0.223 e. The number of halogens is 2. The van der Waals surface area contributed by atoms with Crippen molar-refractivity contribution >= 4 is 27.5 Å². The molecule has 19 heavy (non-hydrogen) atoms. The van der Waals surface area contributed by atoms with Crippen molar-refractivity contribution in [3.05, 3.63) is 46.1 Å². The number of aromatic nitrogens is 1. The first-order valence-corrected chi connectivity index (χ1v) is 6.99. The van der Waals surface area contributed by atoms with Crippen LogP contribution in [0.25, 0.3) is 0 Å². The van der Waals surface area contributed by atoms with E-state index in [9.17, 15) is 0 Å². The van der Waals surface area contributed by atoms with Crippen molar-refractivity contribution in [2.45, 2.75) is 12.8 Å². The molecule has 0 aliphatic carbocycles. The predicted octanol–water partition coefficient (Wildman–Crippen LogP) is 4.69. The summed E-state index contributed by atoms with van der Waals surface area (Å²) >= 11 is 9.26. The van der Waals surface area contributed by atoms with Gasteiger partial charge in [0, 0.05) is 16.2 Å². The van der Waals surface area contributed by atoms with E-state index in [1.807, 2.05) is 31.2 Å². The number of benzene rings is 1. The molecule has 3 nitrogen and oxygen atoms in total. The molecule has 100 valence electrons. The molecule has 0 bridgehead atoms. The number of alkyl halides is 1. The first-order valence-electron chi connectivity index (χ1n) is 5.67. The van der Waals surface area contributed by atoms with E-state index in [0.717, 1.165) is 15.6 Å². The van der Waals surface area contributed by atoms with E-state index in [-0.39, 0.29) is 0 Å². The van der Waals surface area contributed by atoms with Crippen LogP contribution in [0.5, 0.6) is 17.4 Å². The van der Waals surface area contributed by atoms with Gasteiger partial charge in [0.05, 0.1) is 13.0 Å². The summed E-state index contributed by atoms with van der Waals surface area (Å²) in [6.07, 6.45) is 1.67. The maximum absolute atomic E-state index is 5.90. The molecule has 0 aliphatic rings. The number of hydrogen-bond acceptors (Lipinski definition) is 3. The minimum Gasteiger partial charge on any atom is -0.493 e. The Bertz CT molecular complexity index is 538. The van der Waals surface area contributed by atoms with Crippen LogP contribution >= 0.6 is 27.5 Å². The molecule has 0 radical (unpaired) electrons. The lowest BCUT2D eigenvalue weighted by Gasteiger charge is -2.12. The molecule has 0 fully saturated rings. The third kappa shape index (κ3) is 3.39. The van der Waals surface area contributed by atoms with Gasteiger partial charge in [-0.1, -0.05) is 6.07 Å². The van der Waals surface area contributed by atoms with Gasteiger partial charge in [-0.3, -0.25) is 0 Å². The Labute approximate surface area is 125 Å². The van der Waals surface area contributed by atoms with Gasteiger partial charge in [-0.15, -0.1) is 11.6 Å². The number of rotatable bonds is 4. The van der Waals surface area contributed by atoms with E-state index in [1.54, 1.807) is 13.3 Å². The second kappa shape index (κ2) is 6.26. The minimum atomic E-state index is 0.329. The normalized spacial score (nSPS) is 10.3. The highest BCUT2D eigenvalue weighted by Gasteiger charge is 2.10. The summed E-state index contributed by atoms with van der Waals surface area (Å²) in [4.78, 5) is 4.23. The van der Waals surface area contributed by atoms with Crippen molar-refractivity contribution in [3.63, 3.8) is 0 Å². The molecule has 0 amide bonds. The van der Waals surface area contributed by atoms with Crippen molar-refractivity contribution in [1.29, 1.82) is 0 Å². The summed E-state index contributed by atoms with van der Waals surface area (Å²) < 4.78 is 12.0. The van der Waals surface area contributed by atoms with Gasteiger partial charge in [0.2, 0.25) is 5.88 Å². The van der Waals surface area contributed by atoms with E-state index in [2.05, 4.69) is 20.9 Å². The fraction of sp³-hybridized carbons (Fsp3) is 0.214. The Morgan fingerprint density at radius 1 is 1.26 bits per heavy atom.